The van der Waals surface area contributed by atoms with E-state index in [4.69, 9.17) is 5.26 Å². The minimum atomic E-state index is -1.22. The molecule has 15 heavy (non-hydrogen) atoms. The zero-order valence-corrected chi connectivity index (χ0v) is 8.79. The molecule has 1 aromatic rings. The second-order valence-corrected chi connectivity index (χ2v) is 3.84. The van der Waals surface area contributed by atoms with E-state index in [1.165, 1.54) is 17.8 Å². The number of pyridine rings is 1. The minimum Gasteiger partial charge on any atom is -0.545 e. The third-order valence-corrected chi connectivity index (χ3v) is 2.75. The van der Waals surface area contributed by atoms with Gasteiger partial charge in [-0.25, -0.2) is 4.98 Å². The van der Waals surface area contributed by atoms with E-state index in [1.807, 2.05) is 6.07 Å². The van der Waals surface area contributed by atoms with Crippen molar-refractivity contribution in [2.24, 2.45) is 0 Å². The molecule has 0 aromatic carbocycles. The number of carboxylic acids is 1. The van der Waals surface area contributed by atoms with Crippen molar-refractivity contribution in [2.45, 2.75) is 17.9 Å². The second kappa shape index (κ2) is 6.04. The van der Waals surface area contributed by atoms with E-state index in [-0.39, 0.29) is 5.56 Å². The van der Waals surface area contributed by atoms with E-state index in [0.717, 1.165) is 6.42 Å². The number of rotatable bonds is 5. The summed E-state index contributed by atoms with van der Waals surface area (Å²) in [6.45, 7) is 0. The van der Waals surface area contributed by atoms with Crippen LogP contribution < -0.4 is 5.11 Å². The number of aromatic nitrogens is 1. The fraction of sp³-hybridized carbons (Fsp3) is 0.300. The van der Waals surface area contributed by atoms with Crippen LogP contribution in [0, 0.1) is 11.3 Å². The van der Waals surface area contributed by atoms with Crippen LogP contribution in [0.5, 0.6) is 0 Å². The van der Waals surface area contributed by atoms with Gasteiger partial charge in [-0.05, 0) is 18.6 Å². The third kappa shape index (κ3) is 3.60. The highest BCUT2D eigenvalue weighted by Gasteiger charge is 2.04. The normalized spacial score (nSPS) is 9.53. The van der Waals surface area contributed by atoms with E-state index < -0.39 is 5.97 Å². The van der Waals surface area contributed by atoms with Crippen LogP contribution in [0.4, 0.5) is 0 Å². The molecule has 0 bridgehead atoms. The van der Waals surface area contributed by atoms with Crippen LogP contribution in [0.1, 0.15) is 23.2 Å². The molecule has 0 spiro atoms. The van der Waals surface area contributed by atoms with Crippen molar-refractivity contribution in [2.75, 3.05) is 5.75 Å². The van der Waals surface area contributed by atoms with Gasteiger partial charge in [-0.1, -0.05) is 0 Å². The Kier molecular flexibility index (Phi) is 4.64. The molecule has 0 atom stereocenters. The SMILES string of the molecule is N#CCCCSc1ncccc1C(=O)[O-]. The summed E-state index contributed by atoms with van der Waals surface area (Å²) in [5.74, 6) is -0.531. The number of carboxylic acid groups (broad SMARTS) is 1. The zero-order valence-electron chi connectivity index (χ0n) is 7.97. The Morgan fingerprint density at radius 3 is 3.13 bits per heavy atom. The average molecular weight is 221 g/mol. The van der Waals surface area contributed by atoms with Crippen LogP contribution in [0.3, 0.4) is 0 Å². The summed E-state index contributed by atoms with van der Waals surface area (Å²) in [6, 6.07) is 5.06. The average Bonchev–Trinajstić information content (AvgIpc) is 2.25. The van der Waals surface area contributed by atoms with Crippen LogP contribution in [0.25, 0.3) is 0 Å². The minimum absolute atomic E-state index is 0.111. The maximum atomic E-state index is 10.7. The molecule has 0 radical (unpaired) electrons. The summed E-state index contributed by atoms with van der Waals surface area (Å²) in [7, 11) is 0. The first-order valence-corrected chi connectivity index (χ1v) is 5.40. The number of hydrogen-bond donors (Lipinski definition) is 0. The Labute approximate surface area is 91.9 Å². The Hall–Kier alpha value is -1.54. The molecule has 0 saturated heterocycles. The smallest absolute Gasteiger partial charge is 0.105 e. The molecule has 0 aliphatic carbocycles. The second-order valence-electron chi connectivity index (χ2n) is 2.75. The number of nitriles is 1. The van der Waals surface area contributed by atoms with Crippen LogP contribution >= 0.6 is 11.8 Å². The number of carbonyl (C=O) groups is 1. The molecular formula is C10H9N2O2S-. The van der Waals surface area contributed by atoms with Gasteiger partial charge in [-0.2, -0.15) is 5.26 Å². The first-order chi connectivity index (χ1) is 7.25. The van der Waals surface area contributed by atoms with Crippen molar-refractivity contribution in [3.63, 3.8) is 0 Å². The summed E-state index contributed by atoms with van der Waals surface area (Å²) in [6.07, 6.45) is 2.74. The number of carbonyl (C=O) groups excluding carboxylic acids is 1. The molecule has 5 heteroatoms. The number of aromatic carboxylic acids is 1. The van der Waals surface area contributed by atoms with Gasteiger partial charge in [0.2, 0.25) is 0 Å². The Morgan fingerprint density at radius 2 is 2.47 bits per heavy atom. The van der Waals surface area contributed by atoms with Gasteiger partial charge in [-0.15, -0.1) is 11.8 Å². The van der Waals surface area contributed by atoms with Crippen LogP contribution in [0.2, 0.25) is 0 Å². The lowest BCUT2D eigenvalue weighted by Crippen LogP contribution is -2.23. The summed E-state index contributed by atoms with van der Waals surface area (Å²) >= 11 is 1.33. The lowest BCUT2D eigenvalue weighted by Gasteiger charge is -2.07. The van der Waals surface area contributed by atoms with Crippen molar-refractivity contribution < 1.29 is 9.90 Å². The van der Waals surface area contributed by atoms with E-state index in [0.29, 0.717) is 17.2 Å². The maximum absolute atomic E-state index is 10.7. The molecular weight excluding hydrogens is 212 g/mol. The van der Waals surface area contributed by atoms with Crippen molar-refractivity contribution in [3.05, 3.63) is 23.9 Å². The van der Waals surface area contributed by atoms with E-state index in [9.17, 15) is 9.90 Å². The number of thioether (sulfide) groups is 1. The lowest BCUT2D eigenvalue weighted by atomic mass is 10.3. The molecule has 4 nitrogen and oxygen atoms in total. The first kappa shape index (κ1) is 11.5. The lowest BCUT2D eigenvalue weighted by molar-refractivity contribution is -0.255. The highest BCUT2D eigenvalue weighted by Crippen LogP contribution is 2.20. The van der Waals surface area contributed by atoms with Gasteiger partial charge in [-0.3, -0.25) is 0 Å². The van der Waals surface area contributed by atoms with Crippen molar-refractivity contribution >= 4 is 17.7 Å². The van der Waals surface area contributed by atoms with Gasteiger partial charge in [0.05, 0.1) is 12.0 Å². The molecule has 1 heterocycles. The number of nitrogens with zero attached hydrogens (tertiary/aromatic N) is 2. The highest BCUT2D eigenvalue weighted by molar-refractivity contribution is 7.99. The fourth-order valence-corrected chi connectivity index (χ4v) is 1.91. The van der Waals surface area contributed by atoms with Crippen molar-refractivity contribution in [3.8, 4) is 6.07 Å². The molecule has 0 aliphatic heterocycles. The van der Waals surface area contributed by atoms with Gasteiger partial charge < -0.3 is 9.90 Å². The first-order valence-electron chi connectivity index (χ1n) is 4.42. The molecule has 0 unspecified atom stereocenters. The summed E-state index contributed by atoms with van der Waals surface area (Å²) in [5.41, 5.74) is 0.111. The molecule has 0 fully saturated rings. The van der Waals surface area contributed by atoms with Gasteiger partial charge in [0, 0.05) is 23.9 Å². The van der Waals surface area contributed by atoms with E-state index in [1.54, 1.807) is 12.3 Å². The van der Waals surface area contributed by atoms with Gasteiger partial charge in [0.1, 0.15) is 5.03 Å². The van der Waals surface area contributed by atoms with Gasteiger partial charge >= 0.3 is 0 Å². The quantitative estimate of drug-likeness (QED) is 0.544. The van der Waals surface area contributed by atoms with Crippen LogP contribution in [-0.4, -0.2) is 16.7 Å². The van der Waals surface area contributed by atoms with Crippen molar-refractivity contribution in [1.29, 1.82) is 5.26 Å². The third-order valence-electron chi connectivity index (χ3n) is 1.66. The molecule has 1 rings (SSSR count). The van der Waals surface area contributed by atoms with E-state index >= 15 is 0 Å². The van der Waals surface area contributed by atoms with Crippen molar-refractivity contribution in [1.82, 2.24) is 4.98 Å². The van der Waals surface area contributed by atoms with Crippen LogP contribution in [0.15, 0.2) is 23.4 Å². The molecule has 0 amide bonds. The monoisotopic (exact) mass is 221 g/mol. The Balaban J connectivity index is 2.60. The zero-order chi connectivity index (χ0) is 11.1. The van der Waals surface area contributed by atoms with Gasteiger partial charge in [0.15, 0.2) is 0 Å². The molecule has 0 aliphatic rings. The fourth-order valence-electron chi connectivity index (χ4n) is 0.981. The highest BCUT2D eigenvalue weighted by atomic mass is 32.2. The van der Waals surface area contributed by atoms with E-state index in [2.05, 4.69) is 4.98 Å². The summed E-state index contributed by atoms with van der Waals surface area (Å²) < 4.78 is 0. The predicted molar refractivity (Wildman–Crippen MR) is 54.1 cm³/mol. The molecule has 0 saturated carbocycles. The Morgan fingerprint density at radius 1 is 1.67 bits per heavy atom. The predicted octanol–water partition coefficient (Wildman–Crippen LogP) is 0.841. The van der Waals surface area contributed by atoms with Gasteiger partial charge in [0.25, 0.3) is 0 Å². The van der Waals surface area contributed by atoms with Crippen LogP contribution in [-0.2, 0) is 0 Å². The Bertz CT molecular complexity index is 387. The standard InChI is InChI=1S/C10H10N2O2S/c11-5-1-2-7-15-9-8(10(13)14)4-3-6-12-9/h3-4,6H,1-2,7H2,(H,13,14)/p-1. The molecule has 78 valence electrons. The molecule has 1 aromatic heterocycles. The summed E-state index contributed by atoms with van der Waals surface area (Å²) in [5, 5.41) is 19.5. The maximum Gasteiger partial charge on any atom is 0.105 e. The summed E-state index contributed by atoms with van der Waals surface area (Å²) in [4.78, 5) is 14.7. The largest absolute Gasteiger partial charge is 0.545 e. The number of unbranched alkanes of at least 4 members (excludes halogenated alkanes) is 1. The number of hydrogen-bond acceptors (Lipinski definition) is 5. The molecule has 0 N–H and O–H groups in total. The topological polar surface area (TPSA) is 76.8 Å².